The zero-order chi connectivity index (χ0) is 11.0. The number of rotatable bonds is 4. The van der Waals surface area contributed by atoms with E-state index in [-0.39, 0.29) is 0 Å². The second-order valence-corrected chi connectivity index (χ2v) is 5.59. The van der Waals surface area contributed by atoms with Crippen LogP contribution in [0.1, 0.15) is 12.8 Å². The van der Waals surface area contributed by atoms with Crippen LogP contribution in [-0.2, 0) is 0 Å². The van der Waals surface area contributed by atoms with Crippen molar-refractivity contribution in [2.45, 2.75) is 23.9 Å². The maximum absolute atomic E-state index is 6.09. The molecule has 1 unspecified atom stereocenters. The zero-order valence-electron chi connectivity index (χ0n) is 9.15. The van der Waals surface area contributed by atoms with Crippen molar-refractivity contribution in [3.05, 3.63) is 30.3 Å². The molecule has 3 N–H and O–H groups in total. The van der Waals surface area contributed by atoms with E-state index in [0.717, 1.165) is 11.7 Å². The molecule has 1 saturated carbocycles. The highest BCUT2D eigenvalue weighted by Crippen LogP contribution is 2.34. The van der Waals surface area contributed by atoms with E-state index in [0.29, 0.717) is 6.04 Å². The summed E-state index contributed by atoms with van der Waals surface area (Å²) < 4.78 is 0. The Morgan fingerprint density at radius 1 is 1.38 bits per heavy atom. The maximum Gasteiger partial charge on any atom is 0.0733 e. The van der Waals surface area contributed by atoms with E-state index in [2.05, 4.69) is 35.3 Å². The van der Waals surface area contributed by atoms with Crippen LogP contribution in [0.4, 0.5) is 0 Å². The highest BCUT2D eigenvalue weighted by molar-refractivity contribution is 7.99. The zero-order valence-corrected chi connectivity index (χ0v) is 9.96. The van der Waals surface area contributed by atoms with Crippen LogP contribution in [0.2, 0.25) is 0 Å². The minimum atomic E-state index is 0.372. The fraction of sp³-hybridized carbons (Fsp3) is 0.385. The second kappa shape index (κ2) is 4.15. The van der Waals surface area contributed by atoms with Crippen molar-refractivity contribution in [1.29, 1.82) is 0 Å². The molecule has 0 bridgehead atoms. The Labute approximate surface area is 99.6 Å². The predicted molar refractivity (Wildman–Crippen MR) is 69.7 cm³/mol. The van der Waals surface area contributed by atoms with Crippen LogP contribution in [0.15, 0.2) is 35.4 Å². The molecular weight excluding hydrogens is 216 g/mol. The number of thioether (sulfide) groups is 1. The average molecular weight is 232 g/mol. The fourth-order valence-electron chi connectivity index (χ4n) is 1.97. The molecule has 0 aliphatic heterocycles. The number of nitrogens with two attached hydrogens (primary N) is 1. The topological polar surface area (TPSA) is 41.8 Å². The van der Waals surface area contributed by atoms with Crippen molar-refractivity contribution in [2.75, 3.05) is 5.75 Å². The van der Waals surface area contributed by atoms with Gasteiger partial charge in [-0.2, -0.15) is 0 Å². The molecule has 16 heavy (non-hydrogen) atoms. The summed E-state index contributed by atoms with van der Waals surface area (Å²) in [5.41, 5.74) is 7.30. The molecule has 0 amide bonds. The summed E-state index contributed by atoms with van der Waals surface area (Å²) in [5, 5.41) is 2.52. The Morgan fingerprint density at radius 2 is 2.19 bits per heavy atom. The smallest absolute Gasteiger partial charge is 0.0733 e. The number of fused-ring (bicyclic) bond motifs is 1. The lowest BCUT2D eigenvalue weighted by atomic mass is 10.2. The van der Waals surface area contributed by atoms with Gasteiger partial charge in [0.05, 0.1) is 5.03 Å². The molecule has 1 aromatic heterocycles. The highest BCUT2D eigenvalue weighted by Gasteiger charge is 2.28. The van der Waals surface area contributed by atoms with Crippen LogP contribution in [-0.4, -0.2) is 16.8 Å². The Balaban J connectivity index is 1.69. The third-order valence-corrected chi connectivity index (χ3v) is 4.25. The van der Waals surface area contributed by atoms with Crippen LogP contribution in [0.3, 0.4) is 0 Å². The monoisotopic (exact) mass is 232 g/mol. The van der Waals surface area contributed by atoms with E-state index in [1.165, 1.54) is 28.8 Å². The molecular formula is C13H16N2S. The van der Waals surface area contributed by atoms with Crippen molar-refractivity contribution in [1.82, 2.24) is 4.98 Å². The molecule has 0 spiro atoms. The fourth-order valence-corrected chi connectivity index (χ4v) is 3.01. The van der Waals surface area contributed by atoms with Crippen LogP contribution in [0.25, 0.3) is 10.9 Å². The summed E-state index contributed by atoms with van der Waals surface area (Å²) >= 11 is 1.84. The predicted octanol–water partition coefficient (Wildman–Crippen LogP) is 3.00. The van der Waals surface area contributed by atoms with Crippen LogP contribution in [0.5, 0.6) is 0 Å². The second-order valence-electron chi connectivity index (χ2n) is 4.53. The number of hydrogen-bond donors (Lipinski definition) is 2. The Hall–Kier alpha value is -0.930. The van der Waals surface area contributed by atoms with Crippen molar-refractivity contribution >= 4 is 22.7 Å². The van der Waals surface area contributed by atoms with Gasteiger partial charge in [-0.25, -0.2) is 0 Å². The van der Waals surface area contributed by atoms with Gasteiger partial charge >= 0.3 is 0 Å². The summed E-state index contributed by atoms with van der Waals surface area (Å²) in [6, 6.07) is 11.0. The molecule has 1 atom stereocenters. The van der Waals surface area contributed by atoms with Gasteiger partial charge in [-0.15, -0.1) is 11.8 Å². The summed E-state index contributed by atoms with van der Waals surface area (Å²) in [6.45, 7) is 0. The standard InChI is InChI=1S/C13H16N2S/c14-11(9-5-6-9)8-16-13-7-10-3-1-2-4-12(10)15-13/h1-4,7,9,11,15H,5-6,8,14H2. The van der Waals surface area contributed by atoms with Gasteiger partial charge in [0, 0.05) is 22.7 Å². The summed E-state index contributed by atoms with van der Waals surface area (Å²) in [6.07, 6.45) is 2.66. The largest absolute Gasteiger partial charge is 0.350 e. The lowest BCUT2D eigenvalue weighted by molar-refractivity contribution is 0.659. The molecule has 1 aliphatic rings. The van der Waals surface area contributed by atoms with Crippen molar-refractivity contribution in [2.24, 2.45) is 11.7 Å². The van der Waals surface area contributed by atoms with Crippen LogP contribution in [0, 0.1) is 5.92 Å². The number of hydrogen-bond acceptors (Lipinski definition) is 2. The number of aromatic nitrogens is 1. The van der Waals surface area contributed by atoms with Crippen molar-refractivity contribution in [3.63, 3.8) is 0 Å². The van der Waals surface area contributed by atoms with Gasteiger partial charge < -0.3 is 10.7 Å². The van der Waals surface area contributed by atoms with Gasteiger partial charge in [-0.1, -0.05) is 18.2 Å². The maximum atomic E-state index is 6.09. The van der Waals surface area contributed by atoms with Gasteiger partial charge in [0.25, 0.3) is 0 Å². The first-order valence-corrected chi connectivity index (χ1v) is 6.77. The van der Waals surface area contributed by atoms with Gasteiger partial charge in [0.2, 0.25) is 0 Å². The third-order valence-electron chi connectivity index (χ3n) is 3.16. The molecule has 1 aliphatic carbocycles. The van der Waals surface area contributed by atoms with Crippen molar-refractivity contribution in [3.8, 4) is 0 Å². The summed E-state index contributed by atoms with van der Waals surface area (Å²) in [5.74, 6) is 1.81. The van der Waals surface area contributed by atoms with Gasteiger partial charge in [0.15, 0.2) is 0 Å². The lowest BCUT2D eigenvalue weighted by Crippen LogP contribution is -2.24. The average Bonchev–Trinajstić information content (AvgIpc) is 3.06. The minimum absolute atomic E-state index is 0.372. The molecule has 1 aromatic carbocycles. The number of benzene rings is 1. The van der Waals surface area contributed by atoms with Crippen LogP contribution >= 0.6 is 11.8 Å². The van der Waals surface area contributed by atoms with E-state index in [4.69, 9.17) is 5.73 Å². The first kappa shape index (κ1) is 10.2. The Bertz CT molecular complexity index is 454. The number of nitrogens with one attached hydrogen (secondary N) is 1. The Kier molecular flexibility index (Phi) is 2.65. The van der Waals surface area contributed by atoms with E-state index in [9.17, 15) is 0 Å². The number of para-hydroxylation sites is 1. The quantitative estimate of drug-likeness (QED) is 0.796. The van der Waals surface area contributed by atoms with Gasteiger partial charge in [0.1, 0.15) is 0 Å². The first-order chi connectivity index (χ1) is 7.83. The summed E-state index contributed by atoms with van der Waals surface area (Å²) in [4.78, 5) is 3.42. The molecule has 3 rings (SSSR count). The first-order valence-electron chi connectivity index (χ1n) is 5.79. The Morgan fingerprint density at radius 3 is 2.94 bits per heavy atom. The van der Waals surface area contributed by atoms with Crippen molar-refractivity contribution < 1.29 is 0 Å². The third kappa shape index (κ3) is 2.11. The molecule has 3 heteroatoms. The van der Waals surface area contributed by atoms with Gasteiger partial charge in [-0.3, -0.25) is 0 Å². The molecule has 0 radical (unpaired) electrons. The van der Waals surface area contributed by atoms with Gasteiger partial charge in [-0.05, 0) is 30.9 Å². The molecule has 2 aromatic rings. The van der Waals surface area contributed by atoms with Crippen LogP contribution < -0.4 is 5.73 Å². The number of aromatic amines is 1. The van der Waals surface area contributed by atoms with E-state index in [1.54, 1.807) is 0 Å². The molecule has 84 valence electrons. The van der Waals surface area contributed by atoms with E-state index >= 15 is 0 Å². The van der Waals surface area contributed by atoms with E-state index in [1.807, 2.05) is 11.8 Å². The highest BCUT2D eigenvalue weighted by atomic mass is 32.2. The SMILES string of the molecule is NC(CSc1cc2ccccc2[nH]1)C1CC1. The molecule has 2 nitrogen and oxygen atoms in total. The van der Waals surface area contributed by atoms with E-state index < -0.39 is 0 Å². The molecule has 0 saturated heterocycles. The lowest BCUT2D eigenvalue weighted by Gasteiger charge is -2.07. The number of H-pyrrole nitrogens is 1. The summed E-state index contributed by atoms with van der Waals surface area (Å²) in [7, 11) is 0. The normalized spacial score (nSPS) is 17.8. The minimum Gasteiger partial charge on any atom is -0.350 e. The molecule has 1 heterocycles. The molecule has 1 fully saturated rings.